The van der Waals surface area contributed by atoms with Crippen molar-refractivity contribution in [2.45, 2.75) is 32.5 Å². The maximum absolute atomic E-state index is 13.0. The molecule has 148 valence electrons. The average molecular weight is 429 g/mol. The van der Waals surface area contributed by atoms with Gasteiger partial charge in [0.2, 0.25) is 15.9 Å². The van der Waals surface area contributed by atoms with Gasteiger partial charge < -0.3 is 5.32 Å². The lowest BCUT2D eigenvalue weighted by Gasteiger charge is -2.08. The molecule has 2 aromatic heterocycles. The summed E-state index contributed by atoms with van der Waals surface area (Å²) in [6, 6.07) is 6.81. The summed E-state index contributed by atoms with van der Waals surface area (Å²) in [6.07, 6.45) is -1.17. The van der Waals surface area contributed by atoms with Crippen LogP contribution >= 0.6 is 22.9 Å². The van der Waals surface area contributed by atoms with Crippen molar-refractivity contribution in [1.82, 2.24) is 19.9 Å². The van der Waals surface area contributed by atoms with Gasteiger partial charge in [-0.2, -0.15) is 13.2 Å². The third kappa shape index (κ3) is 4.20. The zero-order valence-corrected chi connectivity index (χ0v) is 16.5. The van der Waals surface area contributed by atoms with Crippen molar-refractivity contribution < 1.29 is 18.0 Å². The Morgan fingerprint density at radius 2 is 2.11 bits per heavy atom. The largest absolute Gasteiger partial charge is 0.445 e. The Balaban J connectivity index is 2.10. The van der Waals surface area contributed by atoms with Crippen molar-refractivity contribution in [2.75, 3.05) is 0 Å². The number of halogens is 4. The number of imidazole rings is 1. The lowest BCUT2D eigenvalue weighted by Crippen LogP contribution is -2.30. The number of alkyl halides is 3. The molecule has 0 aliphatic rings. The standard InChI is InChI=1S/C18H16ClF3N4OS/c1-3-10(2)23-14(27)9-8-13-15(11-6-4-5-7-12(11)19)24-17-26(13)25-16(28-17)18(20,21)22/h4-10H,3H2,1-2H3,(H,23,27). The van der Waals surface area contributed by atoms with E-state index in [1.165, 1.54) is 12.2 Å². The van der Waals surface area contributed by atoms with Crippen LogP contribution in [0.25, 0.3) is 22.3 Å². The van der Waals surface area contributed by atoms with E-state index in [0.29, 0.717) is 27.6 Å². The number of benzene rings is 1. The van der Waals surface area contributed by atoms with Crippen LogP contribution < -0.4 is 5.32 Å². The van der Waals surface area contributed by atoms with Crippen LogP contribution in [-0.4, -0.2) is 26.5 Å². The van der Waals surface area contributed by atoms with Crippen molar-refractivity contribution in [3.63, 3.8) is 0 Å². The Hall–Kier alpha value is -2.39. The van der Waals surface area contributed by atoms with Crippen LogP contribution in [0.4, 0.5) is 13.2 Å². The minimum Gasteiger partial charge on any atom is -0.350 e. The number of rotatable bonds is 5. The van der Waals surface area contributed by atoms with E-state index in [9.17, 15) is 18.0 Å². The van der Waals surface area contributed by atoms with Gasteiger partial charge in [-0.3, -0.25) is 4.79 Å². The van der Waals surface area contributed by atoms with Gasteiger partial charge in [-0.15, -0.1) is 5.10 Å². The van der Waals surface area contributed by atoms with E-state index in [-0.39, 0.29) is 22.6 Å². The molecule has 3 rings (SSSR count). The maximum Gasteiger partial charge on any atom is 0.445 e. The smallest absolute Gasteiger partial charge is 0.350 e. The number of aromatic nitrogens is 3. The Morgan fingerprint density at radius 1 is 1.39 bits per heavy atom. The van der Waals surface area contributed by atoms with E-state index in [0.717, 1.165) is 10.9 Å². The summed E-state index contributed by atoms with van der Waals surface area (Å²) in [6.45, 7) is 3.78. The fourth-order valence-electron chi connectivity index (χ4n) is 2.43. The Morgan fingerprint density at radius 3 is 2.75 bits per heavy atom. The molecule has 1 N–H and O–H groups in total. The molecule has 0 aliphatic heterocycles. The molecule has 0 fully saturated rings. The molecule has 1 atom stereocenters. The summed E-state index contributed by atoms with van der Waals surface area (Å²) in [7, 11) is 0. The summed E-state index contributed by atoms with van der Waals surface area (Å²) >= 11 is 6.66. The van der Waals surface area contributed by atoms with Gasteiger partial charge in [0, 0.05) is 17.7 Å². The van der Waals surface area contributed by atoms with Crippen LogP contribution in [0.1, 0.15) is 31.0 Å². The van der Waals surface area contributed by atoms with Crippen molar-refractivity contribution in [3.05, 3.63) is 46.1 Å². The van der Waals surface area contributed by atoms with Gasteiger partial charge in [0.25, 0.3) is 0 Å². The van der Waals surface area contributed by atoms with Crippen LogP contribution in [-0.2, 0) is 11.0 Å². The minimum absolute atomic E-state index is 0.0262. The SMILES string of the molecule is CCC(C)NC(=O)C=Cc1c(-c2ccccc2Cl)nc2sc(C(F)(F)F)nn12. The zero-order chi connectivity index (χ0) is 20.5. The number of carbonyl (C=O) groups is 1. The predicted octanol–water partition coefficient (Wildman–Crippen LogP) is 5.06. The van der Waals surface area contributed by atoms with Gasteiger partial charge in [-0.05, 0) is 25.5 Å². The van der Waals surface area contributed by atoms with Crippen LogP contribution in [0.3, 0.4) is 0 Å². The number of amides is 1. The molecule has 0 bridgehead atoms. The normalized spacial score (nSPS) is 13.4. The lowest BCUT2D eigenvalue weighted by molar-refractivity contribution is -0.138. The Bertz CT molecular complexity index is 1040. The molecule has 0 spiro atoms. The predicted molar refractivity (Wildman–Crippen MR) is 103 cm³/mol. The first-order valence-electron chi connectivity index (χ1n) is 8.41. The van der Waals surface area contributed by atoms with Gasteiger partial charge in [-0.1, -0.05) is 48.1 Å². The number of hydrogen-bond acceptors (Lipinski definition) is 4. The Kier molecular flexibility index (Phi) is 5.76. The summed E-state index contributed by atoms with van der Waals surface area (Å²) in [5.74, 6) is -0.360. The molecule has 28 heavy (non-hydrogen) atoms. The third-order valence-corrected chi connectivity index (χ3v) is 5.29. The summed E-state index contributed by atoms with van der Waals surface area (Å²) < 4.78 is 40.2. The third-order valence-electron chi connectivity index (χ3n) is 4.00. The van der Waals surface area contributed by atoms with Crippen molar-refractivity contribution >= 4 is 39.9 Å². The molecular weight excluding hydrogens is 413 g/mol. The van der Waals surface area contributed by atoms with Gasteiger partial charge >= 0.3 is 6.18 Å². The van der Waals surface area contributed by atoms with Gasteiger partial charge in [-0.25, -0.2) is 9.50 Å². The van der Waals surface area contributed by atoms with E-state index < -0.39 is 11.2 Å². The van der Waals surface area contributed by atoms with Crippen molar-refractivity contribution in [2.24, 2.45) is 0 Å². The van der Waals surface area contributed by atoms with E-state index in [2.05, 4.69) is 15.4 Å². The lowest BCUT2D eigenvalue weighted by atomic mass is 10.1. The number of hydrogen-bond donors (Lipinski definition) is 1. The monoisotopic (exact) mass is 428 g/mol. The summed E-state index contributed by atoms with van der Waals surface area (Å²) in [4.78, 5) is 16.4. The van der Waals surface area contributed by atoms with Crippen LogP contribution in [0.2, 0.25) is 5.02 Å². The fraction of sp³-hybridized carbons (Fsp3) is 0.278. The number of nitrogens with one attached hydrogen (secondary N) is 1. The summed E-state index contributed by atoms with van der Waals surface area (Å²) in [5.41, 5.74) is 1.14. The second kappa shape index (κ2) is 7.92. The first kappa shape index (κ1) is 20.3. The highest BCUT2D eigenvalue weighted by Crippen LogP contribution is 2.36. The molecule has 1 aromatic carbocycles. The second-order valence-electron chi connectivity index (χ2n) is 6.08. The highest BCUT2D eigenvalue weighted by atomic mass is 35.5. The van der Waals surface area contributed by atoms with E-state index in [1.54, 1.807) is 24.3 Å². The quantitative estimate of drug-likeness (QED) is 0.578. The van der Waals surface area contributed by atoms with Crippen LogP contribution in [0.15, 0.2) is 30.3 Å². The molecule has 0 aliphatic carbocycles. The molecule has 0 radical (unpaired) electrons. The maximum atomic E-state index is 13.0. The first-order chi connectivity index (χ1) is 13.2. The highest BCUT2D eigenvalue weighted by Gasteiger charge is 2.36. The highest BCUT2D eigenvalue weighted by molar-refractivity contribution is 7.16. The second-order valence-corrected chi connectivity index (χ2v) is 7.44. The average Bonchev–Trinajstić information content (AvgIpc) is 3.18. The molecule has 1 unspecified atom stereocenters. The number of nitrogens with zero attached hydrogens (tertiary/aromatic N) is 3. The van der Waals surface area contributed by atoms with E-state index in [1.807, 2.05) is 13.8 Å². The van der Waals surface area contributed by atoms with Gasteiger partial charge in [0.1, 0.15) is 5.69 Å². The van der Waals surface area contributed by atoms with E-state index >= 15 is 0 Å². The molecular formula is C18H16ClF3N4OS. The number of fused-ring (bicyclic) bond motifs is 1. The zero-order valence-electron chi connectivity index (χ0n) is 14.9. The molecule has 3 aromatic rings. The summed E-state index contributed by atoms with van der Waals surface area (Å²) in [5, 5.41) is 5.77. The molecule has 0 saturated carbocycles. The molecule has 10 heteroatoms. The Labute approximate surface area is 167 Å². The molecule has 0 saturated heterocycles. The molecule has 2 heterocycles. The molecule has 5 nitrogen and oxygen atoms in total. The molecule has 1 amide bonds. The van der Waals surface area contributed by atoms with Crippen molar-refractivity contribution in [3.8, 4) is 11.3 Å². The minimum atomic E-state index is -4.58. The van der Waals surface area contributed by atoms with Crippen molar-refractivity contribution in [1.29, 1.82) is 0 Å². The first-order valence-corrected chi connectivity index (χ1v) is 9.60. The number of carbonyl (C=O) groups excluding carboxylic acids is 1. The van der Waals surface area contributed by atoms with E-state index in [4.69, 9.17) is 11.6 Å². The topological polar surface area (TPSA) is 59.3 Å². The van der Waals surface area contributed by atoms with Gasteiger partial charge in [0.05, 0.1) is 10.7 Å². The fourth-order valence-corrected chi connectivity index (χ4v) is 3.43. The van der Waals surface area contributed by atoms with Gasteiger partial charge in [0.15, 0.2) is 0 Å². The van der Waals surface area contributed by atoms with Crippen LogP contribution in [0, 0.1) is 0 Å². The van der Waals surface area contributed by atoms with Crippen LogP contribution in [0.5, 0.6) is 0 Å².